The number of hydrogen-bond acceptors (Lipinski definition) is 4. The van der Waals surface area contributed by atoms with Crippen molar-refractivity contribution in [3.05, 3.63) is 0 Å². The van der Waals surface area contributed by atoms with Crippen LogP contribution in [0.5, 0.6) is 0 Å². The summed E-state index contributed by atoms with van der Waals surface area (Å²) in [6, 6.07) is 0.403. The molecular formula is C13H25N5O2. The summed E-state index contributed by atoms with van der Waals surface area (Å²) in [6.45, 7) is 5.63. The summed E-state index contributed by atoms with van der Waals surface area (Å²) in [5.74, 6) is 0.702. The Hall–Kier alpha value is -1.34. The third-order valence-electron chi connectivity index (χ3n) is 3.41. The van der Waals surface area contributed by atoms with E-state index >= 15 is 0 Å². The quantitative estimate of drug-likeness (QED) is 0.420. The van der Waals surface area contributed by atoms with Crippen LogP contribution >= 0.6 is 0 Å². The number of rotatable bonds is 6. The lowest BCUT2D eigenvalue weighted by molar-refractivity contribution is -0.120. The monoisotopic (exact) mass is 283 g/mol. The Morgan fingerprint density at radius 2 is 2.05 bits per heavy atom. The Kier molecular flexibility index (Phi) is 6.07. The van der Waals surface area contributed by atoms with Gasteiger partial charge in [-0.15, -0.1) is 0 Å². The fraction of sp³-hybridized carbons (Fsp3) is 0.846. The highest BCUT2D eigenvalue weighted by atomic mass is 16.5. The predicted octanol–water partition coefficient (Wildman–Crippen LogP) is -1.24. The lowest BCUT2D eigenvalue weighted by Gasteiger charge is -2.26. The topological polar surface area (TPSA) is 78.0 Å². The van der Waals surface area contributed by atoms with Crippen LogP contribution in [0.1, 0.15) is 12.8 Å². The SMILES string of the molecule is CN=C(NCCN1CCOCC1)NCC(=O)NC1CC1. The normalized spacial score (nSPS) is 20.6. The molecule has 114 valence electrons. The fourth-order valence-electron chi connectivity index (χ4n) is 2.05. The first-order valence-electron chi connectivity index (χ1n) is 7.32. The summed E-state index contributed by atoms with van der Waals surface area (Å²) in [6.07, 6.45) is 2.22. The van der Waals surface area contributed by atoms with Crippen LogP contribution in [0, 0.1) is 0 Å². The third kappa shape index (κ3) is 5.75. The molecule has 3 N–H and O–H groups in total. The van der Waals surface area contributed by atoms with Crippen LogP contribution in [0.25, 0.3) is 0 Å². The Balaban J connectivity index is 1.55. The molecule has 0 aromatic heterocycles. The van der Waals surface area contributed by atoms with E-state index in [0.717, 1.165) is 52.2 Å². The van der Waals surface area contributed by atoms with E-state index in [9.17, 15) is 4.79 Å². The molecule has 0 unspecified atom stereocenters. The first-order valence-corrected chi connectivity index (χ1v) is 7.32. The minimum Gasteiger partial charge on any atom is -0.379 e. The zero-order chi connectivity index (χ0) is 14.2. The maximum Gasteiger partial charge on any atom is 0.239 e. The number of carbonyl (C=O) groups is 1. The van der Waals surface area contributed by atoms with Crippen molar-refractivity contribution in [2.75, 3.05) is 53.0 Å². The Bertz CT molecular complexity index is 338. The highest BCUT2D eigenvalue weighted by Gasteiger charge is 2.22. The lowest BCUT2D eigenvalue weighted by atomic mass is 10.4. The van der Waals surface area contributed by atoms with Gasteiger partial charge in [-0.3, -0.25) is 14.7 Å². The molecule has 0 spiro atoms. The van der Waals surface area contributed by atoms with Gasteiger partial charge in [-0.25, -0.2) is 0 Å². The van der Waals surface area contributed by atoms with E-state index in [1.54, 1.807) is 7.05 Å². The van der Waals surface area contributed by atoms with Crippen LogP contribution in [-0.4, -0.2) is 75.8 Å². The van der Waals surface area contributed by atoms with Crippen molar-refractivity contribution < 1.29 is 9.53 Å². The van der Waals surface area contributed by atoms with Gasteiger partial charge in [0.2, 0.25) is 5.91 Å². The fourth-order valence-corrected chi connectivity index (χ4v) is 2.05. The smallest absolute Gasteiger partial charge is 0.239 e. The summed E-state index contributed by atoms with van der Waals surface area (Å²) in [4.78, 5) is 18.0. The largest absolute Gasteiger partial charge is 0.379 e. The van der Waals surface area contributed by atoms with Crippen LogP contribution in [-0.2, 0) is 9.53 Å². The van der Waals surface area contributed by atoms with Crippen molar-refractivity contribution in [1.82, 2.24) is 20.9 Å². The van der Waals surface area contributed by atoms with Gasteiger partial charge < -0.3 is 20.7 Å². The van der Waals surface area contributed by atoms with Crippen LogP contribution < -0.4 is 16.0 Å². The maximum absolute atomic E-state index is 11.6. The predicted molar refractivity (Wildman–Crippen MR) is 77.8 cm³/mol. The highest BCUT2D eigenvalue weighted by molar-refractivity contribution is 5.86. The van der Waals surface area contributed by atoms with E-state index < -0.39 is 0 Å². The molecule has 0 radical (unpaired) electrons. The van der Waals surface area contributed by atoms with E-state index in [2.05, 4.69) is 25.8 Å². The summed E-state index contributed by atoms with van der Waals surface area (Å²) in [5.41, 5.74) is 0. The molecule has 1 amide bonds. The van der Waals surface area contributed by atoms with Crippen LogP contribution in [0.2, 0.25) is 0 Å². The first-order chi connectivity index (χ1) is 9.78. The molecule has 1 heterocycles. The molecule has 2 fully saturated rings. The molecule has 1 saturated carbocycles. The molecule has 1 aliphatic heterocycles. The van der Waals surface area contributed by atoms with Gasteiger partial charge in [-0.1, -0.05) is 0 Å². The summed E-state index contributed by atoms with van der Waals surface area (Å²) in [5, 5.41) is 9.18. The number of nitrogens with one attached hydrogen (secondary N) is 3. The molecule has 0 aromatic rings. The van der Waals surface area contributed by atoms with Gasteiger partial charge in [0.25, 0.3) is 0 Å². The van der Waals surface area contributed by atoms with Gasteiger partial charge in [0.15, 0.2) is 5.96 Å². The van der Waals surface area contributed by atoms with Crippen LogP contribution in [0.15, 0.2) is 4.99 Å². The van der Waals surface area contributed by atoms with Gasteiger partial charge in [0.05, 0.1) is 19.8 Å². The Labute approximate surface area is 120 Å². The molecule has 0 bridgehead atoms. The zero-order valence-corrected chi connectivity index (χ0v) is 12.2. The van der Waals surface area contributed by atoms with E-state index in [0.29, 0.717) is 12.0 Å². The molecule has 2 rings (SSSR count). The van der Waals surface area contributed by atoms with Crippen molar-refractivity contribution in [3.8, 4) is 0 Å². The number of ether oxygens (including phenoxy) is 1. The van der Waals surface area contributed by atoms with Gasteiger partial charge in [0.1, 0.15) is 0 Å². The molecule has 2 aliphatic rings. The molecule has 7 nitrogen and oxygen atoms in total. The van der Waals surface area contributed by atoms with E-state index in [4.69, 9.17) is 4.74 Å². The van der Waals surface area contributed by atoms with E-state index in [1.807, 2.05) is 0 Å². The Morgan fingerprint density at radius 1 is 1.30 bits per heavy atom. The summed E-state index contributed by atoms with van der Waals surface area (Å²) >= 11 is 0. The van der Waals surface area contributed by atoms with Crippen LogP contribution in [0.3, 0.4) is 0 Å². The molecule has 7 heteroatoms. The van der Waals surface area contributed by atoms with Crippen molar-refractivity contribution in [2.24, 2.45) is 4.99 Å². The van der Waals surface area contributed by atoms with Gasteiger partial charge >= 0.3 is 0 Å². The third-order valence-corrected chi connectivity index (χ3v) is 3.41. The second-order valence-corrected chi connectivity index (χ2v) is 5.15. The number of guanidine groups is 1. The average Bonchev–Trinajstić information content (AvgIpc) is 3.27. The van der Waals surface area contributed by atoms with E-state index in [-0.39, 0.29) is 12.5 Å². The molecule has 0 atom stereocenters. The van der Waals surface area contributed by atoms with Crippen molar-refractivity contribution in [1.29, 1.82) is 0 Å². The summed E-state index contributed by atoms with van der Waals surface area (Å²) in [7, 11) is 1.71. The van der Waals surface area contributed by atoms with Gasteiger partial charge in [0, 0.05) is 39.3 Å². The van der Waals surface area contributed by atoms with Crippen LogP contribution in [0.4, 0.5) is 0 Å². The highest BCUT2D eigenvalue weighted by Crippen LogP contribution is 2.18. The number of amides is 1. The number of aliphatic imine (C=N–C) groups is 1. The molecule has 0 aromatic carbocycles. The first kappa shape index (κ1) is 15.1. The standard InChI is InChI=1S/C13H25N5O2/c1-14-13(16-10-12(19)17-11-2-3-11)15-4-5-18-6-8-20-9-7-18/h11H,2-10H2,1H3,(H,17,19)(H2,14,15,16). The average molecular weight is 283 g/mol. The second kappa shape index (κ2) is 8.06. The lowest BCUT2D eigenvalue weighted by Crippen LogP contribution is -2.46. The molecule has 20 heavy (non-hydrogen) atoms. The van der Waals surface area contributed by atoms with Crippen molar-refractivity contribution in [2.45, 2.75) is 18.9 Å². The number of nitrogens with zero attached hydrogens (tertiary/aromatic N) is 2. The number of hydrogen-bond donors (Lipinski definition) is 3. The molecular weight excluding hydrogens is 258 g/mol. The second-order valence-electron chi connectivity index (χ2n) is 5.15. The van der Waals surface area contributed by atoms with Gasteiger partial charge in [-0.05, 0) is 12.8 Å². The van der Waals surface area contributed by atoms with E-state index in [1.165, 1.54) is 0 Å². The Morgan fingerprint density at radius 3 is 2.70 bits per heavy atom. The number of carbonyl (C=O) groups excluding carboxylic acids is 1. The maximum atomic E-state index is 11.6. The van der Waals surface area contributed by atoms with Crippen molar-refractivity contribution >= 4 is 11.9 Å². The summed E-state index contributed by atoms with van der Waals surface area (Å²) < 4.78 is 5.31. The molecule has 1 aliphatic carbocycles. The molecule has 1 saturated heterocycles. The minimum atomic E-state index is 0.0311. The zero-order valence-electron chi connectivity index (χ0n) is 12.2. The minimum absolute atomic E-state index is 0.0311. The van der Waals surface area contributed by atoms with Gasteiger partial charge in [-0.2, -0.15) is 0 Å². The number of morpholine rings is 1. The van der Waals surface area contributed by atoms with Crippen molar-refractivity contribution in [3.63, 3.8) is 0 Å².